The number of carbonyl (C=O) groups is 1. The van der Waals surface area contributed by atoms with E-state index in [1.165, 1.54) is 0 Å². The number of halogens is 2. The van der Waals surface area contributed by atoms with Gasteiger partial charge in [0.1, 0.15) is 42.7 Å². The zero-order valence-corrected chi connectivity index (χ0v) is 22.1. The molecule has 9 N–H and O–H groups in total. The van der Waals surface area contributed by atoms with Gasteiger partial charge in [-0.05, 0) is 0 Å². The van der Waals surface area contributed by atoms with Crippen molar-refractivity contribution in [3.05, 3.63) is 0 Å². The molecule has 0 aromatic rings. The maximum Gasteiger partial charge on any atom is 2.00 e. The van der Waals surface area contributed by atoms with Gasteiger partial charge in [-0.25, -0.2) is 4.79 Å². The van der Waals surface area contributed by atoms with E-state index in [-0.39, 0.29) is 109 Å². The van der Waals surface area contributed by atoms with Gasteiger partial charge in [0.05, 0.1) is 13.2 Å². The summed E-state index contributed by atoms with van der Waals surface area (Å²) in [5, 5.41) is 84.5. The van der Waals surface area contributed by atoms with E-state index in [0.29, 0.717) is 0 Å². The minimum absolute atomic E-state index is 0. The summed E-state index contributed by atoms with van der Waals surface area (Å²) < 4.78 is 9.98. The Hall–Kier alpha value is 2.55. The van der Waals surface area contributed by atoms with Crippen molar-refractivity contribution in [1.29, 1.82) is 0 Å². The van der Waals surface area contributed by atoms with Crippen LogP contribution in [-0.2, 0) is 14.3 Å². The SMILES string of the molecule is O=C(O)[C@H](O)[C@@H](O)[C@H](O[C@@H]1O[C@H](CO)[C@H](O)[C@H](O)[C@H]1O)[C@H](O)CO.[Br-].[Br-].[Ca+2].[Ca]. The van der Waals surface area contributed by atoms with E-state index in [9.17, 15) is 35.4 Å². The predicted octanol–water partition coefficient (Wildman–Crippen LogP) is -12.4. The summed E-state index contributed by atoms with van der Waals surface area (Å²) in [5.41, 5.74) is 0. The smallest absolute Gasteiger partial charge is 1.00 e. The van der Waals surface area contributed by atoms with Gasteiger partial charge in [-0.3, -0.25) is 0 Å². The summed E-state index contributed by atoms with van der Waals surface area (Å²) in [5.74, 6) is -1.84. The summed E-state index contributed by atoms with van der Waals surface area (Å²) in [4.78, 5) is 10.7. The Morgan fingerprint density at radius 1 is 1.00 bits per heavy atom. The summed E-state index contributed by atoms with van der Waals surface area (Å²) >= 11 is 0. The van der Waals surface area contributed by atoms with E-state index in [1.807, 2.05) is 0 Å². The molecule has 0 saturated carbocycles. The number of carboxylic acid groups (broad SMARTS) is 1. The second-order valence-electron chi connectivity index (χ2n) is 5.32. The molecule has 0 aromatic heterocycles. The van der Waals surface area contributed by atoms with Crippen molar-refractivity contribution in [2.75, 3.05) is 13.2 Å². The van der Waals surface area contributed by atoms with Crippen LogP contribution in [0.4, 0.5) is 0 Å². The number of aliphatic carboxylic acids is 1. The standard InChI is InChI=1S/C12H22O12.2BrH.2Ca/c13-1-3(15)10(7(18)8(19)11(21)22)24-12-9(20)6(17)5(16)4(2-14)23-12;;;;/h3-10,12-20H,1-2H2,(H,21,22);2*1H;;/q;;;;+2/p-2/t3-,4-,5+,6+,7-,8-,9-,10-,12+;;;;/m1..../s1. The molecule has 1 rings (SSSR count). The first-order valence-electron chi connectivity index (χ1n) is 6.99. The third-order valence-electron chi connectivity index (χ3n) is 3.62. The Balaban J connectivity index is -0.000000720. The molecule has 0 aromatic carbocycles. The van der Waals surface area contributed by atoms with E-state index in [1.54, 1.807) is 0 Å². The Labute approximate surface area is 241 Å². The van der Waals surface area contributed by atoms with Crippen molar-refractivity contribution < 1.29 is 94.2 Å². The van der Waals surface area contributed by atoms with Gasteiger partial charge in [-0.2, -0.15) is 0 Å². The molecule has 160 valence electrons. The molecule has 28 heavy (non-hydrogen) atoms. The van der Waals surface area contributed by atoms with Gasteiger partial charge >= 0.3 is 43.7 Å². The fraction of sp³-hybridized carbons (Fsp3) is 0.917. The van der Waals surface area contributed by atoms with Crippen LogP contribution in [0.1, 0.15) is 0 Å². The molecule has 0 bridgehead atoms. The third-order valence-corrected chi connectivity index (χ3v) is 3.62. The molecule has 9 atom stereocenters. The number of carboxylic acids is 1. The number of rotatable bonds is 8. The van der Waals surface area contributed by atoms with Crippen LogP contribution in [0.15, 0.2) is 0 Å². The van der Waals surface area contributed by atoms with Gasteiger partial charge in [-0.15, -0.1) is 0 Å². The average molecular weight is 598 g/mol. The summed E-state index contributed by atoms with van der Waals surface area (Å²) in [6.45, 7) is -1.76. The van der Waals surface area contributed by atoms with E-state index in [4.69, 9.17) is 24.8 Å². The monoisotopic (exact) mass is 596 g/mol. The zero-order valence-electron chi connectivity index (χ0n) is 14.5. The first kappa shape index (κ1) is 37.8. The van der Waals surface area contributed by atoms with Crippen LogP contribution in [0.3, 0.4) is 0 Å². The zero-order chi connectivity index (χ0) is 18.6. The van der Waals surface area contributed by atoms with Crippen molar-refractivity contribution in [1.82, 2.24) is 0 Å². The third kappa shape index (κ3) is 10.00. The van der Waals surface area contributed by atoms with Gasteiger partial charge in [0.15, 0.2) is 12.4 Å². The van der Waals surface area contributed by atoms with Crippen molar-refractivity contribution in [2.24, 2.45) is 0 Å². The number of aliphatic hydroxyl groups excluding tert-OH is 8. The molecule has 1 fully saturated rings. The molecule has 0 amide bonds. The van der Waals surface area contributed by atoms with Gasteiger partial charge in [0, 0.05) is 37.7 Å². The van der Waals surface area contributed by atoms with Crippen LogP contribution in [-0.4, -0.2) is 196 Å². The van der Waals surface area contributed by atoms with Crippen LogP contribution >= 0.6 is 0 Å². The van der Waals surface area contributed by atoms with E-state index in [0.717, 1.165) is 0 Å². The van der Waals surface area contributed by atoms with Crippen LogP contribution in [0.5, 0.6) is 0 Å². The molecule has 16 heteroatoms. The maximum atomic E-state index is 10.7. The molecule has 1 heterocycles. The van der Waals surface area contributed by atoms with E-state index >= 15 is 0 Å². The number of hydrogen-bond acceptors (Lipinski definition) is 11. The molecule has 1 aliphatic heterocycles. The first-order chi connectivity index (χ1) is 11.1. The van der Waals surface area contributed by atoms with Crippen molar-refractivity contribution in [3.63, 3.8) is 0 Å². The molecule has 0 unspecified atom stereocenters. The minimum atomic E-state index is -2.39. The maximum absolute atomic E-state index is 10.7. The van der Waals surface area contributed by atoms with E-state index in [2.05, 4.69) is 0 Å². The Morgan fingerprint density at radius 3 is 1.89 bits per heavy atom. The van der Waals surface area contributed by atoms with Gasteiger partial charge in [0.2, 0.25) is 0 Å². The van der Waals surface area contributed by atoms with Crippen LogP contribution in [0, 0.1) is 0 Å². The Bertz CT molecular complexity index is 424. The second kappa shape index (κ2) is 18.0. The Kier molecular flexibility index (Phi) is 24.4. The van der Waals surface area contributed by atoms with Crippen molar-refractivity contribution in [2.45, 2.75) is 55.1 Å². The molecular formula is C12H22Br2Ca2O12. The van der Waals surface area contributed by atoms with E-state index < -0.39 is 74.3 Å². The molecule has 1 saturated heterocycles. The quantitative estimate of drug-likeness (QED) is 0.119. The molecule has 0 aliphatic carbocycles. The Morgan fingerprint density at radius 2 is 1.50 bits per heavy atom. The second-order valence-corrected chi connectivity index (χ2v) is 5.32. The molecular weight excluding hydrogens is 576 g/mol. The summed E-state index contributed by atoms with van der Waals surface area (Å²) in [7, 11) is 0. The summed E-state index contributed by atoms with van der Waals surface area (Å²) in [6.07, 6.45) is -16.9. The average Bonchev–Trinajstić information content (AvgIpc) is 2.57. The normalized spacial score (nSPS) is 30.8. The van der Waals surface area contributed by atoms with Gasteiger partial charge < -0.3 is 89.4 Å². The van der Waals surface area contributed by atoms with Gasteiger partial charge in [-0.1, -0.05) is 0 Å². The molecule has 0 spiro atoms. The van der Waals surface area contributed by atoms with Crippen molar-refractivity contribution in [3.8, 4) is 0 Å². The van der Waals surface area contributed by atoms with Crippen LogP contribution < -0.4 is 34.0 Å². The topological polar surface area (TPSA) is 218 Å². The predicted molar refractivity (Wildman–Crippen MR) is 82.9 cm³/mol. The van der Waals surface area contributed by atoms with Crippen molar-refractivity contribution >= 4 is 81.4 Å². The van der Waals surface area contributed by atoms with Crippen LogP contribution in [0.25, 0.3) is 0 Å². The summed E-state index contributed by atoms with van der Waals surface area (Å²) in [6, 6.07) is 0. The number of aliphatic hydroxyl groups is 8. The van der Waals surface area contributed by atoms with Gasteiger partial charge in [0.25, 0.3) is 0 Å². The molecule has 2 radical (unpaired) electrons. The van der Waals surface area contributed by atoms with Crippen LogP contribution in [0.2, 0.25) is 0 Å². The number of hydrogen-bond donors (Lipinski definition) is 9. The molecule has 12 nitrogen and oxygen atoms in total. The minimum Gasteiger partial charge on any atom is -1.00 e. The fourth-order valence-corrected chi connectivity index (χ4v) is 2.16. The first-order valence-corrected chi connectivity index (χ1v) is 6.99. The largest absolute Gasteiger partial charge is 2.00 e. The fourth-order valence-electron chi connectivity index (χ4n) is 2.16. The molecule has 1 aliphatic rings. The number of ether oxygens (including phenoxy) is 2.